The minimum atomic E-state index is 0.0454. The Kier molecular flexibility index (Phi) is 4.85. The molecule has 0 aromatic carbocycles. The summed E-state index contributed by atoms with van der Waals surface area (Å²) in [5, 5.41) is 14.1. The molecule has 4 aliphatic carbocycles. The maximum atomic E-state index is 13.3. The first-order chi connectivity index (χ1) is 15.1. The zero-order chi connectivity index (χ0) is 21.0. The first-order valence-electron chi connectivity index (χ1n) is 12.1. The van der Waals surface area contributed by atoms with Gasteiger partial charge in [0.25, 0.3) is 0 Å². The van der Waals surface area contributed by atoms with Crippen molar-refractivity contribution < 1.29 is 4.79 Å². The number of nitrogens with one attached hydrogen (secondary N) is 1. The summed E-state index contributed by atoms with van der Waals surface area (Å²) < 4.78 is 1.99. The van der Waals surface area contributed by atoms with Crippen molar-refractivity contribution in [1.82, 2.24) is 20.1 Å². The molecule has 1 N–H and O–H groups in total. The lowest BCUT2D eigenvalue weighted by atomic mass is 9.48. The molecule has 5 fully saturated rings. The number of aromatic nitrogens is 3. The van der Waals surface area contributed by atoms with Crippen LogP contribution in [0.5, 0.6) is 0 Å². The standard InChI is InChI=1S/C24H33N5OS/c1-16(24-12-17-9-18(13-24)11-19(10-17)14-24)25-21(30)20-5-4-8-29(15-20)23-27-26-22(31-23)28-6-2-3-7-28/h2-3,6-7,16-20H,4-5,8-15H2,1H3,(H,25,30). The molecule has 2 aromatic heterocycles. The van der Waals surface area contributed by atoms with Crippen LogP contribution in [0.1, 0.15) is 58.3 Å². The number of anilines is 1. The van der Waals surface area contributed by atoms with Crippen molar-refractivity contribution >= 4 is 22.4 Å². The lowest BCUT2D eigenvalue weighted by Gasteiger charge is -2.59. The maximum Gasteiger partial charge on any atom is 0.225 e. The first kappa shape index (κ1) is 19.8. The van der Waals surface area contributed by atoms with E-state index in [2.05, 4.69) is 27.3 Å². The van der Waals surface area contributed by atoms with E-state index < -0.39 is 0 Å². The molecular formula is C24H33N5OS. The number of rotatable bonds is 5. The van der Waals surface area contributed by atoms with Gasteiger partial charge in [-0.3, -0.25) is 9.36 Å². The predicted octanol–water partition coefficient (Wildman–Crippen LogP) is 4.27. The van der Waals surface area contributed by atoms with Crippen LogP contribution in [0.3, 0.4) is 0 Å². The third kappa shape index (κ3) is 3.59. The van der Waals surface area contributed by atoms with E-state index in [0.29, 0.717) is 11.5 Å². The number of hydrogen-bond acceptors (Lipinski definition) is 5. The van der Waals surface area contributed by atoms with Crippen LogP contribution in [0.25, 0.3) is 5.13 Å². The van der Waals surface area contributed by atoms with Crippen molar-refractivity contribution in [2.75, 3.05) is 18.0 Å². The number of amides is 1. The second kappa shape index (κ2) is 7.61. The molecule has 3 heterocycles. The molecule has 31 heavy (non-hydrogen) atoms. The maximum absolute atomic E-state index is 13.3. The number of hydrogen-bond donors (Lipinski definition) is 1. The predicted molar refractivity (Wildman–Crippen MR) is 122 cm³/mol. The van der Waals surface area contributed by atoms with E-state index in [9.17, 15) is 4.79 Å². The van der Waals surface area contributed by atoms with Crippen LogP contribution in [0.2, 0.25) is 0 Å². The van der Waals surface area contributed by atoms with E-state index in [1.165, 1.54) is 38.5 Å². The summed E-state index contributed by atoms with van der Waals surface area (Å²) in [5.41, 5.74) is 0.365. The van der Waals surface area contributed by atoms with Gasteiger partial charge in [-0.1, -0.05) is 11.3 Å². The zero-order valence-corrected chi connectivity index (χ0v) is 19.2. The van der Waals surface area contributed by atoms with Crippen LogP contribution in [0.4, 0.5) is 5.13 Å². The molecule has 7 heteroatoms. The molecule has 166 valence electrons. The highest BCUT2D eigenvalue weighted by molar-refractivity contribution is 7.17. The summed E-state index contributed by atoms with van der Waals surface area (Å²) >= 11 is 1.60. The van der Waals surface area contributed by atoms with E-state index in [1.54, 1.807) is 11.3 Å². The topological polar surface area (TPSA) is 63.1 Å². The molecule has 4 saturated carbocycles. The number of carbonyl (C=O) groups is 1. The fraction of sp³-hybridized carbons (Fsp3) is 0.708. The van der Waals surface area contributed by atoms with Crippen molar-refractivity contribution in [3.05, 3.63) is 24.5 Å². The number of piperidine rings is 1. The summed E-state index contributed by atoms with van der Waals surface area (Å²) in [7, 11) is 0. The van der Waals surface area contributed by atoms with Gasteiger partial charge >= 0.3 is 0 Å². The van der Waals surface area contributed by atoms with Crippen molar-refractivity contribution in [2.45, 2.75) is 64.3 Å². The van der Waals surface area contributed by atoms with Crippen LogP contribution in [-0.4, -0.2) is 39.8 Å². The summed E-state index contributed by atoms with van der Waals surface area (Å²) in [5.74, 6) is 3.06. The van der Waals surface area contributed by atoms with E-state index in [0.717, 1.165) is 53.9 Å². The minimum Gasteiger partial charge on any atom is -0.353 e. The third-order valence-corrected chi connectivity index (χ3v) is 9.65. The molecule has 6 nitrogen and oxygen atoms in total. The molecule has 0 radical (unpaired) electrons. The third-order valence-electron chi connectivity index (χ3n) is 8.65. The fourth-order valence-electron chi connectivity index (χ4n) is 7.46. The monoisotopic (exact) mass is 439 g/mol. The van der Waals surface area contributed by atoms with Gasteiger partial charge in [0, 0.05) is 31.5 Å². The summed E-state index contributed by atoms with van der Waals surface area (Å²) in [6, 6.07) is 4.28. The smallest absolute Gasteiger partial charge is 0.225 e. The molecule has 7 rings (SSSR count). The quantitative estimate of drug-likeness (QED) is 0.756. The van der Waals surface area contributed by atoms with E-state index in [1.807, 2.05) is 29.1 Å². The highest BCUT2D eigenvalue weighted by Crippen LogP contribution is 2.61. The lowest BCUT2D eigenvalue weighted by molar-refractivity contribution is -0.130. The molecular weight excluding hydrogens is 406 g/mol. The largest absolute Gasteiger partial charge is 0.353 e. The van der Waals surface area contributed by atoms with Crippen LogP contribution in [0, 0.1) is 29.1 Å². The van der Waals surface area contributed by atoms with Crippen molar-refractivity contribution in [1.29, 1.82) is 0 Å². The molecule has 2 atom stereocenters. The summed E-state index contributed by atoms with van der Waals surface area (Å²) in [6.07, 6.45) is 14.3. The Bertz CT molecular complexity index is 902. The summed E-state index contributed by atoms with van der Waals surface area (Å²) in [6.45, 7) is 3.99. The second-order valence-electron chi connectivity index (χ2n) is 10.8. The molecule has 2 unspecified atom stereocenters. The number of nitrogens with zero attached hydrogens (tertiary/aromatic N) is 4. The zero-order valence-electron chi connectivity index (χ0n) is 18.4. The van der Waals surface area contributed by atoms with Crippen molar-refractivity contribution in [3.63, 3.8) is 0 Å². The van der Waals surface area contributed by atoms with Gasteiger partial charge < -0.3 is 10.2 Å². The van der Waals surface area contributed by atoms with Crippen LogP contribution in [0.15, 0.2) is 24.5 Å². The van der Waals surface area contributed by atoms with Crippen molar-refractivity contribution in [2.24, 2.45) is 29.1 Å². The van der Waals surface area contributed by atoms with Crippen LogP contribution < -0.4 is 10.2 Å². The Labute approximate surface area is 188 Å². The number of carbonyl (C=O) groups excluding carboxylic acids is 1. The summed E-state index contributed by atoms with van der Waals surface area (Å²) in [4.78, 5) is 15.6. The van der Waals surface area contributed by atoms with Gasteiger partial charge in [-0.15, -0.1) is 10.2 Å². The lowest BCUT2D eigenvalue weighted by Crippen LogP contribution is -2.57. The van der Waals surface area contributed by atoms with Crippen LogP contribution >= 0.6 is 11.3 Å². The second-order valence-corrected chi connectivity index (χ2v) is 11.7. The van der Waals surface area contributed by atoms with E-state index >= 15 is 0 Å². The fourth-order valence-corrected chi connectivity index (χ4v) is 8.31. The highest BCUT2D eigenvalue weighted by Gasteiger charge is 2.53. The molecule has 1 saturated heterocycles. The average molecular weight is 440 g/mol. The Morgan fingerprint density at radius 3 is 2.42 bits per heavy atom. The minimum absolute atomic E-state index is 0.0454. The first-order valence-corrected chi connectivity index (χ1v) is 12.9. The van der Waals surface area contributed by atoms with Crippen molar-refractivity contribution in [3.8, 4) is 5.13 Å². The van der Waals surface area contributed by atoms with Gasteiger partial charge in [0.1, 0.15) is 0 Å². The Balaban J connectivity index is 1.11. The van der Waals surface area contributed by atoms with Gasteiger partial charge in [-0.25, -0.2) is 0 Å². The van der Waals surface area contributed by atoms with E-state index in [-0.39, 0.29) is 11.8 Å². The normalized spacial score (nSPS) is 35.3. The highest BCUT2D eigenvalue weighted by atomic mass is 32.1. The van der Waals surface area contributed by atoms with Crippen LogP contribution in [-0.2, 0) is 4.79 Å². The molecule has 0 spiro atoms. The molecule has 5 aliphatic rings. The molecule has 1 aliphatic heterocycles. The SMILES string of the molecule is CC(NC(=O)C1CCCN(c2nnc(-n3cccc3)s2)C1)C12CC3CC(CC(C3)C1)C2. The molecule has 1 amide bonds. The van der Waals surface area contributed by atoms with E-state index in [4.69, 9.17) is 0 Å². The van der Waals surface area contributed by atoms with Gasteiger partial charge in [0.05, 0.1) is 5.92 Å². The van der Waals surface area contributed by atoms with Gasteiger partial charge in [0.15, 0.2) is 0 Å². The molecule has 2 aromatic rings. The Morgan fingerprint density at radius 2 is 1.74 bits per heavy atom. The molecule has 4 bridgehead atoms. The van der Waals surface area contributed by atoms with Gasteiger partial charge in [-0.2, -0.15) is 0 Å². The average Bonchev–Trinajstić information content (AvgIpc) is 3.45. The van der Waals surface area contributed by atoms with Gasteiger partial charge in [-0.05, 0) is 93.6 Å². The Morgan fingerprint density at radius 1 is 1.10 bits per heavy atom. The van der Waals surface area contributed by atoms with Gasteiger partial charge in [0.2, 0.25) is 16.2 Å². The Hall–Kier alpha value is -1.89.